The van der Waals surface area contributed by atoms with E-state index in [-0.39, 0.29) is 17.2 Å². The summed E-state index contributed by atoms with van der Waals surface area (Å²) in [6.07, 6.45) is 0. The van der Waals surface area contributed by atoms with E-state index in [1.165, 1.54) is 22.9 Å². The molecule has 0 bridgehead atoms. The van der Waals surface area contributed by atoms with Gasteiger partial charge >= 0.3 is 0 Å². The van der Waals surface area contributed by atoms with Gasteiger partial charge in [0, 0.05) is 0 Å². The molecular formula is C16H14FN5O. The number of rotatable bonds is 3. The molecular weight excluding hydrogens is 297 g/mol. The SMILES string of the molecule is Cc1cccc(-n2nnc(C(=O)Nc3ccccc3F)c2N)c1. The minimum atomic E-state index is -0.619. The molecule has 0 aliphatic heterocycles. The van der Waals surface area contributed by atoms with Gasteiger partial charge in [0.25, 0.3) is 5.91 Å². The number of carbonyl (C=O) groups excluding carboxylic acids is 1. The fourth-order valence-corrected chi connectivity index (χ4v) is 2.15. The van der Waals surface area contributed by atoms with Gasteiger partial charge in [0.1, 0.15) is 5.82 Å². The molecule has 3 rings (SSSR count). The highest BCUT2D eigenvalue weighted by molar-refractivity contribution is 6.05. The van der Waals surface area contributed by atoms with Gasteiger partial charge in [-0.2, -0.15) is 4.68 Å². The zero-order valence-electron chi connectivity index (χ0n) is 12.3. The number of aromatic nitrogens is 3. The van der Waals surface area contributed by atoms with E-state index in [0.29, 0.717) is 5.69 Å². The minimum Gasteiger partial charge on any atom is -0.382 e. The van der Waals surface area contributed by atoms with Crippen LogP contribution in [-0.2, 0) is 0 Å². The van der Waals surface area contributed by atoms with Crippen LogP contribution in [0.25, 0.3) is 5.69 Å². The summed E-state index contributed by atoms with van der Waals surface area (Å²) in [5.41, 5.74) is 7.68. The highest BCUT2D eigenvalue weighted by atomic mass is 19.1. The third kappa shape index (κ3) is 2.89. The summed E-state index contributed by atoms with van der Waals surface area (Å²) < 4.78 is 15.0. The maximum Gasteiger partial charge on any atom is 0.280 e. The van der Waals surface area contributed by atoms with Gasteiger partial charge in [0.15, 0.2) is 11.5 Å². The van der Waals surface area contributed by atoms with Crippen LogP contribution in [-0.4, -0.2) is 20.9 Å². The summed E-state index contributed by atoms with van der Waals surface area (Å²) in [6, 6.07) is 13.3. The summed E-state index contributed by atoms with van der Waals surface area (Å²) >= 11 is 0. The molecule has 1 heterocycles. The molecule has 0 saturated heterocycles. The van der Waals surface area contributed by atoms with E-state index in [1.807, 2.05) is 25.1 Å². The molecule has 1 aromatic heterocycles. The zero-order chi connectivity index (χ0) is 16.4. The monoisotopic (exact) mass is 311 g/mol. The molecule has 23 heavy (non-hydrogen) atoms. The third-order valence-corrected chi connectivity index (χ3v) is 3.29. The normalized spacial score (nSPS) is 10.5. The summed E-state index contributed by atoms with van der Waals surface area (Å²) in [7, 11) is 0. The number of hydrogen-bond donors (Lipinski definition) is 2. The van der Waals surface area contributed by atoms with Crippen LogP contribution >= 0.6 is 0 Å². The number of hydrogen-bond acceptors (Lipinski definition) is 4. The van der Waals surface area contributed by atoms with Crippen LogP contribution in [0.3, 0.4) is 0 Å². The van der Waals surface area contributed by atoms with Crippen LogP contribution in [0.2, 0.25) is 0 Å². The lowest BCUT2D eigenvalue weighted by molar-refractivity contribution is 0.102. The number of nitrogens with zero attached hydrogens (tertiary/aromatic N) is 3. The standard InChI is InChI=1S/C16H14FN5O/c1-10-5-4-6-11(9-10)22-15(18)14(20-21-22)16(23)19-13-8-3-2-7-12(13)17/h2-9H,18H2,1H3,(H,19,23). The maximum atomic E-state index is 13.6. The Morgan fingerprint density at radius 2 is 2.00 bits per heavy atom. The van der Waals surface area contributed by atoms with Gasteiger partial charge < -0.3 is 11.1 Å². The van der Waals surface area contributed by atoms with Crippen LogP contribution in [0.5, 0.6) is 0 Å². The van der Waals surface area contributed by atoms with E-state index in [1.54, 1.807) is 12.1 Å². The van der Waals surface area contributed by atoms with E-state index in [2.05, 4.69) is 15.6 Å². The predicted octanol–water partition coefficient (Wildman–Crippen LogP) is 2.55. The number of halogens is 1. The smallest absolute Gasteiger partial charge is 0.280 e. The molecule has 6 nitrogen and oxygen atoms in total. The Morgan fingerprint density at radius 1 is 1.22 bits per heavy atom. The van der Waals surface area contributed by atoms with Crippen molar-refractivity contribution in [3.63, 3.8) is 0 Å². The van der Waals surface area contributed by atoms with Gasteiger partial charge in [-0.15, -0.1) is 5.10 Å². The number of aryl methyl sites for hydroxylation is 1. The molecule has 0 spiro atoms. The summed E-state index contributed by atoms with van der Waals surface area (Å²) in [5.74, 6) is -1.07. The molecule has 7 heteroatoms. The highest BCUT2D eigenvalue weighted by Gasteiger charge is 2.19. The average Bonchev–Trinajstić information content (AvgIpc) is 2.91. The van der Waals surface area contributed by atoms with Crippen LogP contribution in [0.1, 0.15) is 16.1 Å². The molecule has 3 aromatic rings. The van der Waals surface area contributed by atoms with Gasteiger partial charge in [-0.25, -0.2) is 4.39 Å². The Labute approximate surface area is 131 Å². The lowest BCUT2D eigenvalue weighted by Crippen LogP contribution is -2.15. The van der Waals surface area contributed by atoms with E-state index in [9.17, 15) is 9.18 Å². The molecule has 116 valence electrons. The second-order valence-electron chi connectivity index (χ2n) is 5.01. The first-order valence-electron chi connectivity index (χ1n) is 6.90. The molecule has 0 radical (unpaired) electrons. The van der Waals surface area contributed by atoms with Crippen LogP contribution in [0.15, 0.2) is 48.5 Å². The number of benzene rings is 2. The fourth-order valence-electron chi connectivity index (χ4n) is 2.15. The van der Waals surface area contributed by atoms with Crippen LogP contribution in [0.4, 0.5) is 15.9 Å². The van der Waals surface area contributed by atoms with Crippen molar-refractivity contribution >= 4 is 17.4 Å². The maximum absolute atomic E-state index is 13.6. The van der Waals surface area contributed by atoms with Crippen molar-refractivity contribution in [2.24, 2.45) is 0 Å². The molecule has 0 unspecified atom stereocenters. The van der Waals surface area contributed by atoms with Gasteiger partial charge in [-0.05, 0) is 36.8 Å². The molecule has 3 N–H and O–H groups in total. The van der Waals surface area contributed by atoms with E-state index in [0.717, 1.165) is 5.56 Å². The number of anilines is 2. The van der Waals surface area contributed by atoms with Crippen molar-refractivity contribution in [2.45, 2.75) is 6.92 Å². The van der Waals surface area contributed by atoms with Crippen molar-refractivity contribution in [2.75, 3.05) is 11.1 Å². The third-order valence-electron chi connectivity index (χ3n) is 3.29. The van der Waals surface area contributed by atoms with Gasteiger partial charge in [0.2, 0.25) is 0 Å². The van der Waals surface area contributed by atoms with E-state index < -0.39 is 11.7 Å². The lowest BCUT2D eigenvalue weighted by Gasteiger charge is -2.06. The molecule has 0 fully saturated rings. The minimum absolute atomic E-state index is 0.0574. The largest absolute Gasteiger partial charge is 0.382 e. The highest BCUT2D eigenvalue weighted by Crippen LogP contribution is 2.18. The Hall–Kier alpha value is -3.22. The summed E-state index contributed by atoms with van der Waals surface area (Å²) in [4.78, 5) is 12.2. The quantitative estimate of drug-likeness (QED) is 0.778. The van der Waals surface area contributed by atoms with Crippen molar-refractivity contribution in [1.82, 2.24) is 15.0 Å². The summed E-state index contributed by atoms with van der Waals surface area (Å²) in [5, 5.41) is 10.1. The molecule has 0 saturated carbocycles. The van der Waals surface area contributed by atoms with Gasteiger partial charge in [-0.1, -0.05) is 29.5 Å². The Balaban J connectivity index is 1.90. The number of para-hydroxylation sites is 1. The van der Waals surface area contributed by atoms with E-state index in [4.69, 9.17) is 5.73 Å². The molecule has 0 aliphatic rings. The molecule has 1 amide bonds. The number of nitrogen functional groups attached to an aromatic ring is 1. The Bertz CT molecular complexity index is 874. The fraction of sp³-hybridized carbons (Fsp3) is 0.0625. The number of carbonyl (C=O) groups is 1. The van der Waals surface area contributed by atoms with Crippen molar-refractivity contribution in [1.29, 1.82) is 0 Å². The van der Waals surface area contributed by atoms with Gasteiger partial charge in [-0.3, -0.25) is 4.79 Å². The summed E-state index contributed by atoms with van der Waals surface area (Å²) in [6.45, 7) is 1.93. The topological polar surface area (TPSA) is 85.8 Å². The number of amides is 1. The second kappa shape index (κ2) is 5.88. The number of nitrogens with two attached hydrogens (primary N) is 1. The first-order chi connectivity index (χ1) is 11.1. The number of nitrogens with one attached hydrogen (secondary N) is 1. The van der Waals surface area contributed by atoms with Crippen molar-refractivity contribution in [3.8, 4) is 5.69 Å². The Morgan fingerprint density at radius 3 is 2.74 bits per heavy atom. The van der Waals surface area contributed by atoms with Crippen LogP contribution < -0.4 is 11.1 Å². The molecule has 0 aliphatic carbocycles. The average molecular weight is 311 g/mol. The Kier molecular flexibility index (Phi) is 3.76. The second-order valence-corrected chi connectivity index (χ2v) is 5.01. The van der Waals surface area contributed by atoms with Crippen LogP contribution in [0, 0.1) is 12.7 Å². The molecule has 2 aromatic carbocycles. The molecule has 0 atom stereocenters. The lowest BCUT2D eigenvalue weighted by atomic mass is 10.2. The zero-order valence-corrected chi connectivity index (χ0v) is 12.3. The first-order valence-corrected chi connectivity index (χ1v) is 6.90. The van der Waals surface area contributed by atoms with Crippen molar-refractivity contribution < 1.29 is 9.18 Å². The van der Waals surface area contributed by atoms with E-state index >= 15 is 0 Å². The first kappa shape index (κ1) is 14.7. The van der Waals surface area contributed by atoms with Crippen molar-refractivity contribution in [3.05, 3.63) is 65.6 Å². The predicted molar refractivity (Wildman–Crippen MR) is 84.9 cm³/mol. The van der Waals surface area contributed by atoms with Gasteiger partial charge in [0.05, 0.1) is 11.4 Å².